The Hall–Kier alpha value is -1.13. The fourth-order valence-corrected chi connectivity index (χ4v) is 1.50. The third-order valence-corrected chi connectivity index (χ3v) is 2.51. The first kappa shape index (κ1) is 12.9. The Balaban J connectivity index is 2.60. The highest BCUT2D eigenvalue weighted by Gasteiger charge is 2.11. The number of aromatic hydroxyl groups is 1. The molecule has 1 aromatic carbocycles. The van der Waals surface area contributed by atoms with Gasteiger partial charge in [0.05, 0.1) is 6.61 Å². The Kier molecular flexibility index (Phi) is 4.71. The molecule has 3 N–H and O–H groups in total. The summed E-state index contributed by atoms with van der Waals surface area (Å²) in [5, 5.41) is 21.4. The number of nitrogens with one attached hydrogen (secondary N) is 1. The Morgan fingerprint density at radius 2 is 2.00 bits per heavy atom. The van der Waals surface area contributed by atoms with Crippen molar-refractivity contribution in [3.63, 3.8) is 0 Å². The number of aliphatic hydroxyl groups is 1. The normalized spacial score (nSPS) is 13.1. The molecule has 16 heavy (non-hydrogen) atoms. The van der Waals surface area contributed by atoms with Crippen LogP contribution in [0.1, 0.15) is 19.4 Å². The van der Waals surface area contributed by atoms with Crippen molar-refractivity contribution in [2.24, 2.45) is 5.92 Å². The van der Waals surface area contributed by atoms with Crippen molar-refractivity contribution >= 4 is 0 Å². The van der Waals surface area contributed by atoms with Gasteiger partial charge in [-0.25, -0.2) is 4.39 Å². The molecule has 0 heterocycles. The van der Waals surface area contributed by atoms with Crippen LogP contribution < -0.4 is 5.32 Å². The lowest BCUT2D eigenvalue weighted by Gasteiger charge is -2.19. The summed E-state index contributed by atoms with van der Waals surface area (Å²) in [6.45, 7) is 4.46. The average molecular weight is 227 g/mol. The summed E-state index contributed by atoms with van der Waals surface area (Å²) < 4.78 is 13.0. The van der Waals surface area contributed by atoms with Crippen LogP contribution >= 0.6 is 0 Å². The molecule has 0 saturated heterocycles. The maximum atomic E-state index is 13.0. The minimum atomic E-state index is -0.457. The van der Waals surface area contributed by atoms with Crippen LogP contribution in [0.5, 0.6) is 5.75 Å². The van der Waals surface area contributed by atoms with Gasteiger partial charge in [-0.2, -0.15) is 0 Å². The zero-order valence-corrected chi connectivity index (χ0v) is 9.57. The topological polar surface area (TPSA) is 52.5 Å². The summed E-state index contributed by atoms with van der Waals surface area (Å²) in [4.78, 5) is 0. The minimum absolute atomic E-state index is 0.0228. The molecule has 0 radical (unpaired) electrons. The third kappa shape index (κ3) is 3.79. The van der Waals surface area contributed by atoms with Crippen LogP contribution in [0.3, 0.4) is 0 Å². The maximum Gasteiger partial charge on any atom is 0.127 e. The molecule has 4 heteroatoms. The number of phenolic OH excluding ortho intramolecular Hbond substituents is 1. The molecule has 0 spiro atoms. The Morgan fingerprint density at radius 1 is 1.31 bits per heavy atom. The molecule has 0 amide bonds. The predicted molar refractivity (Wildman–Crippen MR) is 60.6 cm³/mol. The van der Waals surface area contributed by atoms with Crippen LogP contribution in [-0.2, 0) is 6.54 Å². The first-order valence-corrected chi connectivity index (χ1v) is 5.35. The highest BCUT2D eigenvalue weighted by atomic mass is 19.1. The van der Waals surface area contributed by atoms with Gasteiger partial charge in [0, 0.05) is 18.7 Å². The van der Waals surface area contributed by atoms with Gasteiger partial charge in [-0.3, -0.25) is 0 Å². The van der Waals surface area contributed by atoms with Crippen molar-refractivity contribution in [1.29, 1.82) is 0 Å². The van der Waals surface area contributed by atoms with Crippen LogP contribution in [0, 0.1) is 11.7 Å². The molecule has 90 valence electrons. The van der Waals surface area contributed by atoms with E-state index >= 15 is 0 Å². The Bertz CT molecular complexity index is 322. The van der Waals surface area contributed by atoms with Gasteiger partial charge in [0.1, 0.15) is 11.6 Å². The highest BCUT2D eigenvalue weighted by Crippen LogP contribution is 2.14. The highest BCUT2D eigenvalue weighted by molar-refractivity contribution is 5.28. The van der Waals surface area contributed by atoms with Crippen molar-refractivity contribution in [2.45, 2.75) is 26.4 Å². The van der Waals surface area contributed by atoms with E-state index in [4.69, 9.17) is 5.11 Å². The van der Waals surface area contributed by atoms with E-state index in [9.17, 15) is 9.50 Å². The minimum Gasteiger partial charge on any atom is -0.508 e. The molecule has 0 aliphatic carbocycles. The van der Waals surface area contributed by atoms with Crippen LogP contribution in [0.15, 0.2) is 18.2 Å². The van der Waals surface area contributed by atoms with E-state index < -0.39 is 5.82 Å². The second-order valence-corrected chi connectivity index (χ2v) is 4.23. The van der Waals surface area contributed by atoms with E-state index in [1.807, 2.05) is 13.8 Å². The van der Waals surface area contributed by atoms with Gasteiger partial charge in [0.15, 0.2) is 0 Å². The van der Waals surface area contributed by atoms with E-state index in [1.54, 1.807) is 0 Å². The smallest absolute Gasteiger partial charge is 0.127 e. The summed E-state index contributed by atoms with van der Waals surface area (Å²) in [5.41, 5.74) is 0.664. The standard InChI is InChI=1S/C12H18FNO2/c1-8(2)12(7-15)14-6-9-3-10(13)5-11(16)4-9/h3-5,8,12,14-16H,6-7H2,1-2H3/t12-/m1/s1. The van der Waals surface area contributed by atoms with Crippen LogP contribution in [0.2, 0.25) is 0 Å². The second kappa shape index (κ2) is 5.82. The number of aliphatic hydroxyl groups excluding tert-OH is 1. The third-order valence-electron chi connectivity index (χ3n) is 2.51. The summed E-state index contributed by atoms with van der Waals surface area (Å²) in [6, 6.07) is 3.91. The molecular weight excluding hydrogens is 209 g/mol. The fourth-order valence-electron chi connectivity index (χ4n) is 1.50. The zero-order valence-electron chi connectivity index (χ0n) is 9.57. The van der Waals surface area contributed by atoms with E-state index in [2.05, 4.69) is 5.32 Å². The second-order valence-electron chi connectivity index (χ2n) is 4.23. The van der Waals surface area contributed by atoms with Crippen molar-refractivity contribution in [1.82, 2.24) is 5.32 Å². The number of hydrogen-bond acceptors (Lipinski definition) is 3. The lowest BCUT2D eigenvalue weighted by atomic mass is 10.1. The molecule has 3 nitrogen and oxygen atoms in total. The zero-order chi connectivity index (χ0) is 12.1. The van der Waals surface area contributed by atoms with E-state index in [0.29, 0.717) is 18.0 Å². The average Bonchev–Trinajstić information content (AvgIpc) is 2.16. The number of phenols is 1. The van der Waals surface area contributed by atoms with Gasteiger partial charge < -0.3 is 15.5 Å². The number of halogens is 1. The van der Waals surface area contributed by atoms with Gasteiger partial charge >= 0.3 is 0 Å². The molecule has 0 unspecified atom stereocenters. The van der Waals surface area contributed by atoms with Gasteiger partial charge in [-0.1, -0.05) is 13.8 Å². The quantitative estimate of drug-likeness (QED) is 0.716. The number of hydrogen-bond donors (Lipinski definition) is 3. The van der Waals surface area contributed by atoms with Crippen molar-refractivity contribution in [3.05, 3.63) is 29.6 Å². The van der Waals surface area contributed by atoms with Crippen LogP contribution in [-0.4, -0.2) is 22.9 Å². The first-order valence-electron chi connectivity index (χ1n) is 5.35. The molecule has 0 aliphatic heterocycles. The van der Waals surface area contributed by atoms with E-state index in [0.717, 1.165) is 6.07 Å². The number of rotatable bonds is 5. The SMILES string of the molecule is CC(C)[C@@H](CO)NCc1cc(O)cc(F)c1. The molecule has 0 saturated carbocycles. The largest absolute Gasteiger partial charge is 0.508 e. The van der Waals surface area contributed by atoms with Crippen molar-refractivity contribution in [3.8, 4) is 5.75 Å². The van der Waals surface area contributed by atoms with Crippen LogP contribution in [0.4, 0.5) is 4.39 Å². The van der Waals surface area contributed by atoms with Crippen LogP contribution in [0.25, 0.3) is 0 Å². The van der Waals surface area contributed by atoms with Gasteiger partial charge in [-0.15, -0.1) is 0 Å². The number of benzene rings is 1. The van der Waals surface area contributed by atoms with E-state index in [-0.39, 0.29) is 18.4 Å². The summed E-state index contributed by atoms with van der Waals surface area (Å²) in [5.74, 6) is -0.240. The molecule has 0 aliphatic rings. The van der Waals surface area contributed by atoms with Crippen molar-refractivity contribution in [2.75, 3.05) is 6.61 Å². The van der Waals surface area contributed by atoms with Gasteiger partial charge in [0.2, 0.25) is 0 Å². The Labute approximate surface area is 94.9 Å². The lowest BCUT2D eigenvalue weighted by molar-refractivity contribution is 0.210. The fraction of sp³-hybridized carbons (Fsp3) is 0.500. The molecule has 1 rings (SSSR count). The molecule has 0 fully saturated rings. The summed E-state index contributed by atoms with van der Waals surface area (Å²) >= 11 is 0. The van der Waals surface area contributed by atoms with E-state index in [1.165, 1.54) is 12.1 Å². The first-order chi connectivity index (χ1) is 7.52. The molecule has 1 atom stereocenters. The molecule has 0 aromatic heterocycles. The van der Waals surface area contributed by atoms with Gasteiger partial charge in [-0.05, 0) is 23.6 Å². The summed E-state index contributed by atoms with van der Waals surface area (Å²) in [6.07, 6.45) is 0. The monoisotopic (exact) mass is 227 g/mol. The summed E-state index contributed by atoms with van der Waals surface area (Å²) in [7, 11) is 0. The Morgan fingerprint density at radius 3 is 2.50 bits per heavy atom. The van der Waals surface area contributed by atoms with Crippen molar-refractivity contribution < 1.29 is 14.6 Å². The lowest BCUT2D eigenvalue weighted by Crippen LogP contribution is -2.36. The molecule has 0 bridgehead atoms. The molecular formula is C12H18FNO2. The maximum absolute atomic E-state index is 13.0. The molecule has 1 aromatic rings. The predicted octanol–water partition coefficient (Wildman–Crippen LogP) is 1.64. The van der Waals surface area contributed by atoms with Gasteiger partial charge in [0.25, 0.3) is 0 Å².